The Bertz CT molecular complexity index is 733. The molecule has 0 aromatic carbocycles. The van der Waals surface area contributed by atoms with Gasteiger partial charge in [-0.05, 0) is 97.5 Å². The fourth-order valence-corrected chi connectivity index (χ4v) is 4.77. The van der Waals surface area contributed by atoms with Crippen molar-refractivity contribution in [2.75, 3.05) is 38.1 Å². The topological polar surface area (TPSA) is 66.0 Å². The van der Waals surface area contributed by atoms with Crippen LogP contribution in [0.25, 0.3) is 0 Å². The van der Waals surface area contributed by atoms with Gasteiger partial charge in [0.1, 0.15) is 11.6 Å². The molecule has 0 saturated carbocycles. The maximum absolute atomic E-state index is 13.4. The lowest BCUT2D eigenvalue weighted by Gasteiger charge is -2.41. The van der Waals surface area contributed by atoms with E-state index in [1.165, 1.54) is 30.8 Å². The van der Waals surface area contributed by atoms with Gasteiger partial charge in [-0.25, -0.2) is 4.79 Å². The molecule has 2 aliphatic rings. The van der Waals surface area contributed by atoms with Crippen molar-refractivity contribution in [2.24, 2.45) is 11.8 Å². The Hall–Kier alpha value is -2.15. The summed E-state index contributed by atoms with van der Waals surface area (Å²) in [4.78, 5) is 36.2. The van der Waals surface area contributed by atoms with Crippen molar-refractivity contribution in [2.45, 2.75) is 65.0 Å². The van der Waals surface area contributed by atoms with Gasteiger partial charge in [-0.3, -0.25) is 14.7 Å². The van der Waals surface area contributed by atoms with E-state index in [0.29, 0.717) is 11.6 Å². The quantitative estimate of drug-likeness (QED) is 0.727. The molecule has 2 aliphatic heterocycles. The van der Waals surface area contributed by atoms with E-state index in [4.69, 9.17) is 4.74 Å². The number of carbonyl (C=O) groups is 2. The van der Waals surface area contributed by atoms with Gasteiger partial charge < -0.3 is 14.5 Å². The SMILES string of the molecule is C[C@H](C(=O)N1CCC(C2CCN(C)CC2)CC1)N(C(=O)OC(C)(C)C)c1ccncc1. The molecular weight excluding hydrogens is 392 g/mol. The van der Waals surface area contributed by atoms with E-state index >= 15 is 0 Å². The van der Waals surface area contributed by atoms with Crippen molar-refractivity contribution >= 4 is 17.7 Å². The van der Waals surface area contributed by atoms with Crippen molar-refractivity contribution in [1.29, 1.82) is 0 Å². The number of carbonyl (C=O) groups excluding carboxylic acids is 2. The first-order valence-corrected chi connectivity index (χ1v) is 11.6. The molecule has 0 aliphatic carbocycles. The smallest absolute Gasteiger partial charge is 0.415 e. The number of ether oxygens (including phenoxy) is 1. The number of pyridine rings is 1. The summed E-state index contributed by atoms with van der Waals surface area (Å²) in [5, 5.41) is 0. The van der Waals surface area contributed by atoms with Crippen LogP contribution in [0.3, 0.4) is 0 Å². The van der Waals surface area contributed by atoms with Gasteiger partial charge in [0.05, 0.1) is 5.69 Å². The van der Waals surface area contributed by atoms with Gasteiger partial charge in [-0.15, -0.1) is 0 Å². The third kappa shape index (κ3) is 6.19. The fraction of sp³-hybridized carbons (Fsp3) is 0.708. The predicted octanol–water partition coefficient (Wildman–Crippen LogP) is 3.79. The molecule has 1 aromatic rings. The Labute approximate surface area is 186 Å². The van der Waals surface area contributed by atoms with Crippen LogP contribution in [-0.2, 0) is 9.53 Å². The lowest BCUT2D eigenvalue weighted by molar-refractivity contribution is -0.134. The minimum Gasteiger partial charge on any atom is -0.443 e. The molecular formula is C24H38N4O3. The summed E-state index contributed by atoms with van der Waals surface area (Å²) < 4.78 is 5.61. The molecule has 3 heterocycles. The van der Waals surface area contributed by atoms with Crippen molar-refractivity contribution in [3.63, 3.8) is 0 Å². The molecule has 2 amide bonds. The number of hydrogen-bond donors (Lipinski definition) is 0. The number of likely N-dealkylation sites (tertiary alicyclic amines) is 2. The van der Waals surface area contributed by atoms with E-state index in [1.54, 1.807) is 31.5 Å². The highest BCUT2D eigenvalue weighted by atomic mass is 16.6. The molecule has 0 radical (unpaired) electrons. The van der Waals surface area contributed by atoms with Gasteiger partial charge in [-0.1, -0.05) is 0 Å². The van der Waals surface area contributed by atoms with Crippen molar-refractivity contribution < 1.29 is 14.3 Å². The third-order valence-electron chi connectivity index (χ3n) is 6.56. The average Bonchev–Trinajstić information content (AvgIpc) is 2.73. The Morgan fingerprint density at radius 3 is 2.06 bits per heavy atom. The molecule has 7 nitrogen and oxygen atoms in total. The summed E-state index contributed by atoms with van der Waals surface area (Å²) in [5.41, 5.74) is -0.0244. The lowest BCUT2D eigenvalue weighted by Crippen LogP contribution is -2.53. The summed E-state index contributed by atoms with van der Waals surface area (Å²) in [7, 11) is 2.19. The molecule has 0 spiro atoms. The zero-order chi connectivity index (χ0) is 22.6. The minimum absolute atomic E-state index is 0.0236. The first kappa shape index (κ1) is 23.5. The summed E-state index contributed by atoms with van der Waals surface area (Å²) in [6.07, 6.45) is 7.36. The molecule has 7 heteroatoms. The average molecular weight is 431 g/mol. The summed E-state index contributed by atoms with van der Waals surface area (Å²) >= 11 is 0. The van der Waals surface area contributed by atoms with Crippen LogP contribution in [0.1, 0.15) is 53.4 Å². The van der Waals surface area contributed by atoms with E-state index in [2.05, 4.69) is 16.9 Å². The normalized spacial score (nSPS) is 20.4. The Morgan fingerprint density at radius 1 is 1.03 bits per heavy atom. The van der Waals surface area contributed by atoms with Crippen LogP contribution >= 0.6 is 0 Å². The molecule has 2 saturated heterocycles. The van der Waals surface area contributed by atoms with Crippen molar-refractivity contribution in [3.05, 3.63) is 24.5 Å². The van der Waals surface area contributed by atoms with Gasteiger partial charge in [-0.2, -0.15) is 0 Å². The monoisotopic (exact) mass is 430 g/mol. The second kappa shape index (κ2) is 9.98. The number of amides is 2. The summed E-state index contributed by atoms with van der Waals surface area (Å²) in [5.74, 6) is 1.46. The molecule has 3 rings (SSSR count). The second-order valence-electron chi connectivity index (χ2n) is 10.0. The lowest BCUT2D eigenvalue weighted by atomic mass is 9.79. The molecule has 0 N–H and O–H groups in total. The van der Waals surface area contributed by atoms with Crippen LogP contribution in [0.4, 0.5) is 10.5 Å². The molecule has 31 heavy (non-hydrogen) atoms. The molecule has 1 aromatic heterocycles. The fourth-order valence-electron chi connectivity index (χ4n) is 4.77. The van der Waals surface area contributed by atoms with Gasteiger partial charge in [0, 0.05) is 25.5 Å². The molecule has 2 fully saturated rings. The van der Waals surface area contributed by atoms with E-state index < -0.39 is 17.7 Å². The standard InChI is InChI=1S/C24H38N4O3/c1-18(28(21-6-12-25-13-7-21)23(30)31-24(2,3)4)22(29)27-16-10-20(11-17-27)19-8-14-26(5)15-9-19/h6-7,12-13,18-20H,8-11,14-17H2,1-5H3/t18-/m1/s1. The number of nitrogens with zero attached hydrogens (tertiary/aromatic N) is 4. The minimum atomic E-state index is -0.642. The van der Waals surface area contributed by atoms with Crippen LogP contribution in [0.15, 0.2) is 24.5 Å². The summed E-state index contributed by atoms with van der Waals surface area (Å²) in [6.45, 7) is 11.2. The third-order valence-corrected chi connectivity index (χ3v) is 6.56. The van der Waals surface area contributed by atoms with E-state index in [0.717, 1.165) is 31.8 Å². The highest BCUT2D eigenvalue weighted by molar-refractivity contribution is 5.97. The van der Waals surface area contributed by atoms with Crippen LogP contribution in [0, 0.1) is 11.8 Å². The van der Waals surface area contributed by atoms with Gasteiger partial charge in [0.25, 0.3) is 0 Å². The maximum Gasteiger partial charge on any atom is 0.415 e. The van der Waals surface area contributed by atoms with Gasteiger partial charge >= 0.3 is 6.09 Å². The van der Waals surface area contributed by atoms with Crippen molar-refractivity contribution in [3.8, 4) is 0 Å². The number of rotatable bonds is 4. The Kier molecular flexibility index (Phi) is 7.57. The Balaban J connectivity index is 1.65. The highest BCUT2D eigenvalue weighted by Gasteiger charge is 2.36. The number of anilines is 1. The van der Waals surface area contributed by atoms with Crippen LogP contribution in [0.5, 0.6) is 0 Å². The molecule has 0 bridgehead atoms. The van der Waals surface area contributed by atoms with Crippen molar-refractivity contribution in [1.82, 2.24) is 14.8 Å². The predicted molar refractivity (Wildman–Crippen MR) is 122 cm³/mol. The zero-order valence-electron chi connectivity index (χ0n) is 19.7. The summed E-state index contributed by atoms with van der Waals surface area (Å²) in [6, 6.07) is 2.83. The second-order valence-corrected chi connectivity index (χ2v) is 10.0. The Morgan fingerprint density at radius 2 is 1.55 bits per heavy atom. The van der Waals surface area contributed by atoms with Crippen LogP contribution < -0.4 is 4.90 Å². The van der Waals surface area contributed by atoms with Crippen LogP contribution in [0.2, 0.25) is 0 Å². The van der Waals surface area contributed by atoms with Gasteiger partial charge in [0.15, 0.2) is 0 Å². The van der Waals surface area contributed by atoms with Crippen LogP contribution in [-0.4, -0.2) is 71.7 Å². The van der Waals surface area contributed by atoms with E-state index in [9.17, 15) is 9.59 Å². The number of piperidine rings is 2. The van der Waals surface area contributed by atoms with E-state index in [1.807, 2.05) is 25.7 Å². The highest BCUT2D eigenvalue weighted by Crippen LogP contribution is 2.32. The molecule has 0 unspecified atom stereocenters. The molecule has 1 atom stereocenters. The number of hydrogen-bond acceptors (Lipinski definition) is 5. The largest absolute Gasteiger partial charge is 0.443 e. The first-order chi connectivity index (χ1) is 14.7. The molecule has 172 valence electrons. The zero-order valence-corrected chi connectivity index (χ0v) is 19.7. The van der Waals surface area contributed by atoms with Gasteiger partial charge in [0.2, 0.25) is 5.91 Å². The van der Waals surface area contributed by atoms with E-state index in [-0.39, 0.29) is 5.91 Å². The number of aromatic nitrogens is 1. The maximum atomic E-state index is 13.4. The first-order valence-electron chi connectivity index (χ1n) is 11.6.